The van der Waals surface area contributed by atoms with Gasteiger partial charge >= 0.3 is 12.0 Å². The number of aromatic nitrogens is 3. The molecular formula is C16H21N5O3. The van der Waals surface area contributed by atoms with Crippen LogP contribution in [0.5, 0.6) is 0 Å². The fraction of sp³-hybridized carbons (Fsp3) is 0.375. The van der Waals surface area contributed by atoms with Gasteiger partial charge in [-0.3, -0.25) is 10.1 Å². The third-order valence-corrected chi connectivity index (χ3v) is 3.21. The van der Waals surface area contributed by atoms with Gasteiger partial charge in [0.2, 0.25) is 0 Å². The van der Waals surface area contributed by atoms with E-state index in [2.05, 4.69) is 20.7 Å². The molecule has 2 rings (SSSR count). The van der Waals surface area contributed by atoms with Crippen LogP contribution in [0.3, 0.4) is 0 Å². The summed E-state index contributed by atoms with van der Waals surface area (Å²) in [5, 5.41) is 18.3. The Morgan fingerprint density at radius 3 is 2.62 bits per heavy atom. The number of carboxylic acids is 1. The second-order valence-electron chi connectivity index (χ2n) is 6.29. The molecule has 2 amide bonds. The molecular weight excluding hydrogens is 310 g/mol. The lowest BCUT2D eigenvalue weighted by molar-refractivity contribution is -0.136. The molecule has 0 fully saturated rings. The maximum Gasteiger partial charge on any atom is 0.320 e. The van der Waals surface area contributed by atoms with Crippen molar-refractivity contribution in [2.45, 2.75) is 32.6 Å². The Kier molecular flexibility index (Phi) is 5.18. The first-order chi connectivity index (χ1) is 11.3. The first kappa shape index (κ1) is 17.5. The minimum atomic E-state index is -0.969. The number of anilines is 1. The van der Waals surface area contributed by atoms with Crippen molar-refractivity contribution in [2.24, 2.45) is 0 Å². The van der Waals surface area contributed by atoms with Crippen LogP contribution in [0.15, 0.2) is 30.5 Å². The molecule has 0 spiro atoms. The van der Waals surface area contributed by atoms with Gasteiger partial charge in [-0.05, 0) is 12.1 Å². The zero-order valence-electron chi connectivity index (χ0n) is 13.9. The zero-order valence-corrected chi connectivity index (χ0v) is 13.9. The van der Waals surface area contributed by atoms with Gasteiger partial charge in [0, 0.05) is 24.2 Å². The van der Waals surface area contributed by atoms with Crippen molar-refractivity contribution in [2.75, 3.05) is 11.9 Å². The summed E-state index contributed by atoms with van der Waals surface area (Å²) in [4.78, 5) is 26.7. The van der Waals surface area contributed by atoms with E-state index in [1.165, 1.54) is 0 Å². The number of nitrogens with one attached hydrogen (secondary N) is 2. The molecule has 8 nitrogen and oxygen atoms in total. The van der Waals surface area contributed by atoms with Crippen LogP contribution in [0.2, 0.25) is 0 Å². The van der Waals surface area contributed by atoms with Crippen LogP contribution >= 0.6 is 0 Å². The minimum Gasteiger partial charge on any atom is -0.481 e. The predicted molar refractivity (Wildman–Crippen MR) is 89.3 cm³/mol. The lowest BCUT2D eigenvalue weighted by atomic mass is 9.92. The van der Waals surface area contributed by atoms with Crippen LogP contribution in [-0.4, -0.2) is 38.4 Å². The number of amides is 2. The number of pyridine rings is 1. The van der Waals surface area contributed by atoms with Crippen LogP contribution in [-0.2, 0) is 10.2 Å². The molecule has 0 aliphatic heterocycles. The van der Waals surface area contributed by atoms with Gasteiger partial charge < -0.3 is 10.4 Å². The summed E-state index contributed by atoms with van der Waals surface area (Å²) >= 11 is 0. The van der Waals surface area contributed by atoms with Gasteiger partial charge in [0.25, 0.3) is 0 Å². The van der Waals surface area contributed by atoms with Gasteiger partial charge in [0.05, 0.1) is 12.1 Å². The van der Waals surface area contributed by atoms with Crippen molar-refractivity contribution in [1.29, 1.82) is 0 Å². The molecule has 3 N–H and O–H groups in total. The summed E-state index contributed by atoms with van der Waals surface area (Å²) in [7, 11) is 0. The number of carbonyl (C=O) groups is 2. The molecule has 0 radical (unpaired) electrons. The molecule has 0 atom stereocenters. The van der Waals surface area contributed by atoms with E-state index in [4.69, 9.17) is 5.11 Å². The Morgan fingerprint density at radius 2 is 2.04 bits per heavy atom. The minimum absolute atomic E-state index is 0.0466. The number of hydrogen-bond donors (Lipinski definition) is 3. The Hall–Kier alpha value is -2.90. The summed E-state index contributed by atoms with van der Waals surface area (Å²) in [6.45, 7) is 6.11. The molecule has 0 aromatic carbocycles. The second kappa shape index (κ2) is 7.12. The van der Waals surface area contributed by atoms with E-state index >= 15 is 0 Å². The molecule has 0 bridgehead atoms. The average Bonchev–Trinajstić information content (AvgIpc) is 2.91. The smallest absolute Gasteiger partial charge is 0.320 e. The van der Waals surface area contributed by atoms with Gasteiger partial charge in [-0.1, -0.05) is 26.8 Å². The first-order valence-electron chi connectivity index (χ1n) is 7.56. The quantitative estimate of drug-likeness (QED) is 0.778. The van der Waals surface area contributed by atoms with Crippen LogP contribution in [0.1, 0.15) is 32.9 Å². The Balaban J connectivity index is 2.23. The second-order valence-corrected chi connectivity index (χ2v) is 6.29. The normalized spacial score (nSPS) is 11.1. The fourth-order valence-electron chi connectivity index (χ4n) is 1.93. The number of urea groups is 1. The highest BCUT2D eigenvalue weighted by Gasteiger charge is 2.21. The molecule has 0 unspecified atom stereocenters. The molecule has 0 aliphatic rings. The van der Waals surface area contributed by atoms with Crippen molar-refractivity contribution in [3.8, 4) is 5.82 Å². The molecule has 8 heteroatoms. The molecule has 24 heavy (non-hydrogen) atoms. The number of nitrogens with zero attached hydrogens (tertiary/aromatic N) is 3. The zero-order chi connectivity index (χ0) is 17.7. The fourth-order valence-corrected chi connectivity index (χ4v) is 1.93. The summed E-state index contributed by atoms with van der Waals surface area (Å²) in [6, 6.07) is 6.70. The lowest BCUT2D eigenvalue weighted by Crippen LogP contribution is -2.31. The van der Waals surface area contributed by atoms with Crippen LogP contribution in [0.4, 0.5) is 10.6 Å². The van der Waals surface area contributed by atoms with E-state index < -0.39 is 12.0 Å². The van der Waals surface area contributed by atoms with Crippen LogP contribution in [0.25, 0.3) is 5.82 Å². The van der Waals surface area contributed by atoms with Gasteiger partial charge in [-0.25, -0.2) is 9.78 Å². The molecule has 0 saturated carbocycles. The largest absolute Gasteiger partial charge is 0.481 e. The highest BCUT2D eigenvalue weighted by molar-refractivity contribution is 5.89. The average molecular weight is 331 g/mol. The Bertz CT molecular complexity index is 719. The molecule has 2 heterocycles. The molecule has 128 valence electrons. The van der Waals surface area contributed by atoms with Crippen molar-refractivity contribution >= 4 is 17.8 Å². The summed E-state index contributed by atoms with van der Waals surface area (Å²) in [6.07, 6.45) is 1.50. The van der Waals surface area contributed by atoms with Gasteiger partial charge in [0.1, 0.15) is 5.82 Å². The summed E-state index contributed by atoms with van der Waals surface area (Å²) in [5.41, 5.74) is 0.602. The SMILES string of the molecule is CC(C)(C)c1cc(NC(=O)NCCC(=O)O)n(-c2ccccn2)n1. The van der Waals surface area contributed by atoms with Crippen molar-refractivity contribution in [3.63, 3.8) is 0 Å². The van der Waals surface area contributed by atoms with Crippen LogP contribution in [0, 0.1) is 0 Å². The lowest BCUT2D eigenvalue weighted by Gasteiger charge is -2.13. The maximum atomic E-state index is 12.0. The maximum absolute atomic E-state index is 12.0. The van der Waals surface area contributed by atoms with E-state index in [-0.39, 0.29) is 18.4 Å². The molecule has 0 aliphatic carbocycles. The van der Waals surface area contributed by atoms with Crippen molar-refractivity contribution < 1.29 is 14.7 Å². The monoisotopic (exact) mass is 331 g/mol. The van der Waals surface area contributed by atoms with Crippen molar-refractivity contribution in [3.05, 3.63) is 36.2 Å². The van der Waals surface area contributed by atoms with E-state index in [0.29, 0.717) is 11.6 Å². The Labute approximate surface area is 139 Å². The summed E-state index contributed by atoms with van der Waals surface area (Å²) < 4.78 is 1.55. The van der Waals surface area contributed by atoms with E-state index in [1.54, 1.807) is 29.1 Å². The highest BCUT2D eigenvalue weighted by Crippen LogP contribution is 2.25. The number of carboxylic acid groups (broad SMARTS) is 1. The predicted octanol–water partition coefficient (Wildman–Crippen LogP) is 2.16. The summed E-state index contributed by atoms with van der Waals surface area (Å²) in [5.74, 6) is 0.0733. The highest BCUT2D eigenvalue weighted by atomic mass is 16.4. The first-order valence-corrected chi connectivity index (χ1v) is 7.56. The van der Waals surface area contributed by atoms with Gasteiger partial charge in [-0.15, -0.1) is 0 Å². The number of hydrogen-bond acceptors (Lipinski definition) is 4. The van der Waals surface area contributed by atoms with E-state index in [0.717, 1.165) is 5.69 Å². The van der Waals surface area contributed by atoms with E-state index in [9.17, 15) is 9.59 Å². The Morgan fingerprint density at radius 1 is 1.29 bits per heavy atom. The molecule has 0 saturated heterocycles. The van der Waals surface area contributed by atoms with Gasteiger partial charge in [0.15, 0.2) is 5.82 Å². The topological polar surface area (TPSA) is 109 Å². The van der Waals surface area contributed by atoms with Crippen molar-refractivity contribution in [1.82, 2.24) is 20.1 Å². The van der Waals surface area contributed by atoms with Gasteiger partial charge in [-0.2, -0.15) is 9.78 Å². The number of aliphatic carboxylic acids is 1. The standard InChI is InChI=1S/C16H21N5O3/c1-16(2,3)11-10-13(19-15(24)18-9-7-14(22)23)21(20-11)12-6-4-5-8-17-12/h4-6,8,10H,7,9H2,1-3H3,(H,22,23)(H2,18,19,24). The van der Waals surface area contributed by atoms with E-state index in [1.807, 2.05) is 26.8 Å². The number of carbonyl (C=O) groups excluding carboxylic acids is 1. The van der Waals surface area contributed by atoms with Crippen LogP contribution < -0.4 is 10.6 Å². The third-order valence-electron chi connectivity index (χ3n) is 3.21. The number of rotatable bonds is 5. The molecule has 2 aromatic heterocycles. The third kappa shape index (κ3) is 4.55. The molecule has 2 aromatic rings.